The summed E-state index contributed by atoms with van der Waals surface area (Å²) in [6.07, 6.45) is 3.67. The van der Waals surface area contributed by atoms with Gasteiger partial charge in [0.2, 0.25) is 0 Å². The minimum absolute atomic E-state index is 0.750. The molecule has 2 rings (SSSR count). The van der Waals surface area contributed by atoms with Crippen LogP contribution in [0.3, 0.4) is 0 Å². The zero-order valence-electron chi connectivity index (χ0n) is 12.0. The second-order valence-corrected chi connectivity index (χ2v) is 5.56. The van der Waals surface area contributed by atoms with E-state index >= 15 is 0 Å². The van der Waals surface area contributed by atoms with E-state index < -0.39 is 0 Å². The highest BCUT2D eigenvalue weighted by Gasteiger charge is 2.14. The van der Waals surface area contributed by atoms with Gasteiger partial charge in [0.1, 0.15) is 12.4 Å². The number of nitrogens with two attached hydrogens (primary N) is 1. The summed E-state index contributed by atoms with van der Waals surface area (Å²) >= 11 is 0. The Morgan fingerprint density at radius 2 is 2.16 bits per heavy atom. The molecule has 1 atom stereocenters. The number of nitrogens with zero attached hydrogens (tertiary/aromatic N) is 1. The van der Waals surface area contributed by atoms with Gasteiger partial charge in [-0.25, -0.2) is 0 Å². The SMILES string of the molecule is CC(CCN)CCCN1CCOc2ccccc2C1. The first-order chi connectivity index (χ1) is 9.29. The van der Waals surface area contributed by atoms with E-state index in [-0.39, 0.29) is 0 Å². The molecule has 0 bridgehead atoms. The van der Waals surface area contributed by atoms with Crippen molar-refractivity contribution in [1.29, 1.82) is 0 Å². The van der Waals surface area contributed by atoms with Gasteiger partial charge in [0.05, 0.1) is 0 Å². The summed E-state index contributed by atoms with van der Waals surface area (Å²) in [6, 6.07) is 8.38. The van der Waals surface area contributed by atoms with E-state index in [0.717, 1.165) is 50.9 Å². The molecule has 1 aromatic carbocycles. The van der Waals surface area contributed by atoms with Gasteiger partial charge in [-0.2, -0.15) is 0 Å². The summed E-state index contributed by atoms with van der Waals surface area (Å²) in [7, 11) is 0. The smallest absolute Gasteiger partial charge is 0.123 e. The highest BCUT2D eigenvalue weighted by Crippen LogP contribution is 2.22. The number of para-hydroxylation sites is 1. The van der Waals surface area contributed by atoms with E-state index in [9.17, 15) is 0 Å². The summed E-state index contributed by atoms with van der Waals surface area (Å²) in [5.41, 5.74) is 6.91. The molecule has 3 heteroatoms. The Bertz CT molecular complexity index is 381. The lowest BCUT2D eigenvalue weighted by atomic mass is 10.0. The quantitative estimate of drug-likeness (QED) is 0.856. The summed E-state index contributed by atoms with van der Waals surface area (Å²) in [6.45, 7) is 7.11. The first-order valence-electron chi connectivity index (χ1n) is 7.42. The fourth-order valence-corrected chi connectivity index (χ4v) is 2.66. The first-order valence-corrected chi connectivity index (χ1v) is 7.42. The van der Waals surface area contributed by atoms with Crippen molar-refractivity contribution in [3.63, 3.8) is 0 Å². The minimum Gasteiger partial charge on any atom is -0.492 e. The second kappa shape index (κ2) is 7.51. The van der Waals surface area contributed by atoms with E-state index in [2.05, 4.69) is 30.0 Å². The summed E-state index contributed by atoms with van der Waals surface area (Å²) in [5.74, 6) is 1.81. The van der Waals surface area contributed by atoms with E-state index in [4.69, 9.17) is 10.5 Å². The van der Waals surface area contributed by atoms with E-state index in [1.807, 2.05) is 6.07 Å². The Kier molecular flexibility index (Phi) is 5.67. The predicted octanol–water partition coefficient (Wildman–Crippen LogP) is 2.65. The Balaban J connectivity index is 1.79. The van der Waals surface area contributed by atoms with Crippen LogP contribution in [0.1, 0.15) is 31.7 Å². The maximum absolute atomic E-state index is 5.79. The molecule has 0 saturated heterocycles. The van der Waals surface area contributed by atoms with E-state index in [1.165, 1.54) is 18.4 Å². The monoisotopic (exact) mass is 262 g/mol. The van der Waals surface area contributed by atoms with E-state index in [1.54, 1.807) is 0 Å². The van der Waals surface area contributed by atoms with Gasteiger partial charge in [-0.3, -0.25) is 4.90 Å². The first kappa shape index (κ1) is 14.4. The standard InChI is InChI=1S/C16H26N2O/c1-14(8-9-17)5-4-10-18-11-12-19-16-7-3-2-6-15(16)13-18/h2-3,6-7,14H,4-5,8-13,17H2,1H3. The number of benzene rings is 1. The van der Waals surface area contributed by atoms with Crippen molar-refractivity contribution < 1.29 is 4.74 Å². The lowest BCUT2D eigenvalue weighted by Crippen LogP contribution is -2.27. The average molecular weight is 262 g/mol. The number of ether oxygens (including phenoxy) is 1. The summed E-state index contributed by atoms with van der Waals surface area (Å²) in [4.78, 5) is 2.50. The Morgan fingerprint density at radius 1 is 1.32 bits per heavy atom. The summed E-state index contributed by atoms with van der Waals surface area (Å²) in [5, 5.41) is 0. The van der Waals surface area contributed by atoms with E-state index in [0.29, 0.717) is 0 Å². The van der Waals surface area contributed by atoms with Gasteiger partial charge < -0.3 is 10.5 Å². The third-order valence-electron chi connectivity index (χ3n) is 3.86. The fourth-order valence-electron chi connectivity index (χ4n) is 2.66. The van der Waals surface area contributed by atoms with Crippen molar-refractivity contribution >= 4 is 0 Å². The molecule has 2 N–H and O–H groups in total. The van der Waals surface area contributed by atoms with Gasteiger partial charge in [-0.1, -0.05) is 25.1 Å². The molecule has 19 heavy (non-hydrogen) atoms. The third kappa shape index (κ3) is 4.51. The van der Waals surface area contributed by atoms with Crippen LogP contribution in [0.15, 0.2) is 24.3 Å². The Morgan fingerprint density at radius 3 is 3.00 bits per heavy atom. The van der Waals surface area contributed by atoms with Gasteiger partial charge in [-0.15, -0.1) is 0 Å². The molecule has 1 aliphatic heterocycles. The molecule has 3 nitrogen and oxygen atoms in total. The number of rotatable bonds is 6. The topological polar surface area (TPSA) is 38.5 Å². The largest absolute Gasteiger partial charge is 0.492 e. The van der Waals surface area contributed by atoms with Crippen LogP contribution >= 0.6 is 0 Å². The Labute approximate surface area is 116 Å². The lowest BCUT2D eigenvalue weighted by Gasteiger charge is -2.20. The molecular weight excluding hydrogens is 236 g/mol. The maximum atomic E-state index is 5.79. The summed E-state index contributed by atoms with van der Waals surface area (Å²) < 4.78 is 5.79. The molecule has 0 amide bonds. The fraction of sp³-hybridized carbons (Fsp3) is 0.625. The molecule has 1 unspecified atom stereocenters. The van der Waals surface area contributed by atoms with Crippen LogP contribution in [-0.2, 0) is 6.54 Å². The molecule has 1 heterocycles. The van der Waals surface area contributed by atoms with Crippen LogP contribution in [0.2, 0.25) is 0 Å². The van der Waals surface area contributed by atoms with Gasteiger partial charge in [0.15, 0.2) is 0 Å². The highest BCUT2D eigenvalue weighted by atomic mass is 16.5. The second-order valence-electron chi connectivity index (χ2n) is 5.56. The van der Waals surface area contributed by atoms with Crippen LogP contribution < -0.4 is 10.5 Å². The molecule has 0 radical (unpaired) electrons. The lowest BCUT2D eigenvalue weighted by molar-refractivity contribution is 0.219. The predicted molar refractivity (Wildman–Crippen MR) is 79.3 cm³/mol. The number of fused-ring (bicyclic) bond motifs is 1. The van der Waals surface area contributed by atoms with Crippen molar-refractivity contribution in [2.75, 3.05) is 26.2 Å². The number of hydrogen-bond acceptors (Lipinski definition) is 3. The van der Waals surface area contributed by atoms with Crippen molar-refractivity contribution in [1.82, 2.24) is 4.90 Å². The molecule has 0 spiro atoms. The van der Waals surface area contributed by atoms with Crippen LogP contribution in [0, 0.1) is 5.92 Å². The molecule has 106 valence electrons. The van der Waals surface area contributed by atoms with Crippen molar-refractivity contribution in [2.45, 2.75) is 32.7 Å². The molecule has 0 aliphatic carbocycles. The molecule has 1 aliphatic rings. The zero-order chi connectivity index (χ0) is 13.5. The van der Waals surface area contributed by atoms with Gasteiger partial charge in [0.25, 0.3) is 0 Å². The van der Waals surface area contributed by atoms with Crippen molar-refractivity contribution in [3.05, 3.63) is 29.8 Å². The average Bonchev–Trinajstić information content (AvgIpc) is 2.60. The third-order valence-corrected chi connectivity index (χ3v) is 3.86. The van der Waals surface area contributed by atoms with Crippen molar-refractivity contribution in [2.24, 2.45) is 11.7 Å². The zero-order valence-corrected chi connectivity index (χ0v) is 12.0. The van der Waals surface area contributed by atoms with Gasteiger partial charge in [-0.05, 0) is 44.3 Å². The van der Waals surface area contributed by atoms with Crippen LogP contribution in [-0.4, -0.2) is 31.1 Å². The highest BCUT2D eigenvalue weighted by molar-refractivity contribution is 5.33. The Hall–Kier alpha value is -1.06. The van der Waals surface area contributed by atoms with Gasteiger partial charge >= 0.3 is 0 Å². The normalized spacial score (nSPS) is 17.4. The molecule has 0 fully saturated rings. The maximum Gasteiger partial charge on any atom is 0.123 e. The molecular formula is C16H26N2O. The molecule has 0 saturated carbocycles. The van der Waals surface area contributed by atoms with Crippen LogP contribution in [0.5, 0.6) is 5.75 Å². The van der Waals surface area contributed by atoms with Crippen LogP contribution in [0.25, 0.3) is 0 Å². The van der Waals surface area contributed by atoms with Crippen LogP contribution in [0.4, 0.5) is 0 Å². The van der Waals surface area contributed by atoms with Crippen molar-refractivity contribution in [3.8, 4) is 5.75 Å². The molecule has 0 aromatic heterocycles. The van der Waals surface area contributed by atoms with Gasteiger partial charge in [0, 0.05) is 18.7 Å². The number of hydrogen-bond donors (Lipinski definition) is 1. The molecule has 1 aromatic rings. The minimum atomic E-state index is 0.750.